The molecule has 2 N–H and O–H groups in total. The molecule has 0 amide bonds. The number of anilines is 1. The van der Waals surface area contributed by atoms with Gasteiger partial charge in [0.05, 0.1) is 17.5 Å². The van der Waals surface area contributed by atoms with Gasteiger partial charge in [0.25, 0.3) is 0 Å². The second kappa shape index (κ2) is 8.70. The highest BCUT2D eigenvalue weighted by molar-refractivity contribution is 5.94. The van der Waals surface area contributed by atoms with Crippen LogP contribution in [0.3, 0.4) is 0 Å². The molecule has 0 unspecified atom stereocenters. The highest BCUT2D eigenvalue weighted by Crippen LogP contribution is 2.26. The fourth-order valence-corrected chi connectivity index (χ4v) is 1.93. The largest absolute Gasteiger partial charge is 0.478 e. The SMILES string of the molecule is O=C(O)c1ccccc1N/N=C/c1ccc(OC(F)F)cc1OC(F)F. The van der Waals surface area contributed by atoms with Gasteiger partial charge in [0.15, 0.2) is 0 Å². The number of halogens is 4. The van der Waals surface area contributed by atoms with Crippen LogP contribution in [0, 0.1) is 0 Å². The van der Waals surface area contributed by atoms with Gasteiger partial charge >= 0.3 is 19.2 Å². The molecule has 0 radical (unpaired) electrons. The van der Waals surface area contributed by atoms with Gasteiger partial charge in [-0.2, -0.15) is 22.7 Å². The minimum Gasteiger partial charge on any atom is -0.478 e. The van der Waals surface area contributed by atoms with E-state index in [1.807, 2.05) is 0 Å². The second-order valence-corrected chi connectivity index (χ2v) is 4.68. The van der Waals surface area contributed by atoms with Crippen LogP contribution in [-0.4, -0.2) is 30.5 Å². The molecule has 0 aliphatic rings. The molecule has 2 aromatic carbocycles. The average Bonchev–Trinajstić information content (AvgIpc) is 2.56. The molecule has 0 heterocycles. The number of para-hydroxylation sites is 1. The van der Waals surface area contributed by atoms with Gasteiger partial charge < -0.3 is 14.6 Å². The van der Waals surface area contributed by atoms with E-state index in [1.54, 1.807) is 6.07 Å². The lowest BCUT2D eigenvalue weighted by atomic mass is 10.2. The third-order valence-corrected chi connectivity index (χ3v) is 2.97. The number of nitrogens with one attached hydrogen (secondary N) is 1. The molecule has 0 fully saturated rings. The maximum absolute atomic E-state index is 12.5. The summed E-state index contributed by atoms with van der Waals surface area (Å²) < 4.78 is 57.8. The number of alkyl halides is 4. The van der Waals surface area contributed by atoms with Gasteiger partial charge in [0.2, 0.25) is 0 Å². The van der Waals surface area contributed by atoms with Crippen LogP contribution in [0.4, 0.5) is 23.2 Å². The van der Waals surface area contributed by atoms with Crippen LogP contribution in [0.5, 0.6) is 11.5 Å². The molecule has 0 bridgehead atoms. The van der Waals surface area contributed by atoms with Crippen molar-refractivity contribution in [3.63, 3.8) is 0 Å². The summed E-state index contributed by atoms with van der Waals surface area (Å²) in [6.45, 7) is -6.31. The average molecular weight is 372 g/mol. The minimum absolute atomic E-state index is 0.0345. The number of benzene rings is 2. The second-order valence-electron chi connectivity index (χ2n) is 4.68. The van der Waals surface area contributed by atoms with Crippen molar-refractivity contribution in [3.8, 4) is 11.5 Å². The molecule has 26 heavy (non-hydrogen) atoms. The van der Waals surface area contributed by atoms with Gasteiger partial charge in [-0.1, -0.05) is 12.1 Å². The zero-order chi connectivity index (χ0) is 19.1. The van der Waals surface area contributed by atoms with E-state index in [2.05, 4.69) is 20.0 Å². The van der Waals surface area contributed by atoms with Crippen LogP contribution in [0.25, 0.3) is 0 Å². The smallest absolute Gasteiger partial charge is 0.387 e. The number of ether oxygens (including phenoxy) is 2. The molecule has 0 aliphatic heterocycles. The first-order valence-electron chi connectivity index (χ1n) is 7.02. The number of rotatable bonds is 8. The molecule has 138 valence electrons. The van der Waals surface area contributed by atoms with E-state index >= 15 is 0 Å². The van der Waals surface area contributed by atoms with Crippen LogP contribution in [0.15, 0.2) is 47.6 Å². The third kappa shape index (κ3) is 5.36. The molecule has 0 spiro atoms. The van der Waals surface area contributed by atoms with Gasteiger partial charge in [-0.05, 0) is 24.3 Å². The Morgan fingerprint density at radius 1 is 1.08 bits per heavy atom. The number of carbonyl (C=O) groups is 1. The summed E-state index contributed by atoms with van der Waals surface area (Å²) in [5.74, 6) is -1.98. The number of carboxylic acids is 1. The summed E-state index contributed by atoms with van der Waals surface area (Å²) in [6, 6.07) is 9.07. The summed E-state index contributed by atoms with van der Waals surface area (Å²) in [5.41, 5.74) is 2.62. The number of hydrogen-bond acceptors (Lipinski definition) is 5. The normalized spacial score (nSPS) is 11.2. The van der Waals surface area contributed by atoms with Crippen LogP contribution in [0.2, 0.25) is 0 Å². The van der Waals surface area contributed by atoms with Crippen molar-refractivity contribution < 1.29 is 36.9 Å². The summed E-state index contributed by atoms with van der Waals surface area (Å²) >= 11 is 0. The lowest BCUT2D eigenvalue weighted by Gasteiger charge is -2.11. The molecule has 10 heteroatoms. The molecule has 0 aliphatic carbocycles. The topological polar surface area (TPSA) is 80.2 Å². The summed E-state index contributed by atoms with van der Waals surface area (Å²) in [7, 11) is 0. The minimum atomic E-state index is -3.19. The molecular formula is C16H12F4N2O4. The molecule has 0 atom stereocenters. The molecule has 0 saturated carbocycles. The molecule has 0 aromatic heterocycles. The first-order chi connectivity index (χ1) is 12.4. The van der Waals surface area contributed by atoms with Gasteiger partial charge in [-0.3, -0.25) is 5.43 Å². The van der Waals surface area contributed by atoms with Crippen LogP contribution in [-0.2, 0) is 0 Å². The number of carboxylic acid groups (broad SMARTS) is 1. The fourth-order valence-electron chi connectivity index (χ4n) is 1.93. The van der Waals surface area contributed by atoms with Crippen molar-refractivity contribution >= 4 is 17.9 Å². The van der Waals surface area contributed by atoms with Gasteiger partial charge in [-0.15, -0.1) is 0 Å². The van der Waals surface area contributed by atoms with E-state index < -0.39 is 24.9 Å². The number of aromatic carboxylic acids is 1. The number of nitrogens with zero attached hydrogens (tertiary/aromatic N) is 1. The molecular weight excluding hydrogens is 360 g/mol. The molecule has 2 aromatic rings. The monoisotopic (exact) mass is 372 g/mol. The van der Waals surface area contributed by atoms with Crippen molar-refractivity contribution in [2.24, 2.45) is 5.10 Å². The fraction of sp³-hybridized carbons (Fsp3) is 0.125. The van der Waals surface area contributed by atoms with Gasteiger partial charge in [0, 0.05) is 11.6 Å². The van der Waals surface area contributed by atoms with Gasteiger partial charge in [-0.25, -0.2) is 4.79 Å². The lowest BCUT2D eigenvalue weighted by molar-refractivity contribution is -0.0543. The Hall–Kier alpha value is -3.30. The Morgan fingerprint density at radius 2 is 1.77 bits per heavy atom. The molecule has 0 saturated heterocycles. The summed E-state index contributed by atoms with van der Waals surface area (Å²) in [5, 5.41) is 12.8. The highest BCUT2D eigenvalue weighted by atomic mass is 19.3. The van der Waals surface area contributed by atoms with E-state index in [-0.39, 0.29) is 22.6 Å². The van der Waals surface area contributed by atoms with Crippen molar-refractivity contribution in [3.05, 3.63) is 53.6 Å². The quantitative estimate of drug-likeness (QED) is 0.415. The maximum Gasteiger partial charge on any atom is 0.387 e. The van der Waals surface area contributed by atoms with E-state index in [1.165, 1.54) is 24.3 Å². The number of hydrazone groups is 1. The lowest BCUT2D eigenvalue weighted by Crippen LogP contribution is -2.07. The Morgan fingerprint density at radius 3 is 2.42 bits per heavy atom. The van der Waals surface area contributed by atoms with Crippen LogP contribution < -0.4 is 14.9 Å². The molecule has 6 nitrogen and oxygen atoms in total. The van der Waals surface area contributed by atoms with Crippen molar-refractivity contribution in [1.29, 1.82) is 0 Å². The van der Waals surface area contributed by atoms with Crippen molar-refractivity contribution in [2.75, 3.05) is 5.43 Å². The zero-order valence-electron chi connectivity index (χ0n) is 12.9. The standard InChI is InChI=1S/C16H12F4N2O4/c17-15(18)25-10-6-5-9(13(7-10)26-16(19)20)8-21-22-12-4-2-1-3-11(12)14(23)24/h1-8,15-16,22H,(H,23,24)/b21-8+. The van der Waals surface area contributed by atoms with Crippen LogP contribution in [0.1, 0.15) is 15.9 Å². The van der Waals surface area contributed by atoms with E-state index in [0.29, 0.717) is 0 Å². The Kier molecular flexibility index (Phi) is 6.36. The first kappa shape index (κ1) is 19.0. The van der Waals surface area contributed by atoms with Gasteiger partial charge in [0.1, 0.15) is 11.5 Å². The van der Waals surface area contributed by atoms with E-state index in [4.69, 9.17) is 5.11 Å². The zero-order valence-corrected chi connectivity index (χ0v) is 12.9. The predicted octanol–water partition coefficient (Wildman–Crippen LogP) is 4.03. The first-order valence-corrected chi connectivity index (χ1v) is 7.02. The Balaban J connectivity index is 2.22. The van der Waals surface area contributed by atoms with E-state index in [9.17, 15) is 22.4 Å². The molecule has 2 rings (SSSR count). The predicted molar refractivity (Wildman–Crippen MR) is 84.3 cm³/mol. The van der Waals surface area contributed by atoms with Crippen molar-refractivity contribution in [2.45, 2.75) is 13.2 Å². The van der Waals surface area contributed by atoms with Crippen LogP contribution >= 0.6 is 0 Å². The Labute approximate surface area is 144 Å². The van der Waals surface area contributed by atoms with Crippen molar-refractivity contribution in [1.82, 2.24) is 0 Å². The maximum atomic E-state index is 12.5. The third-order valence-electron chi connectivity index (χ3n) is 2.97. The summed E-state index contributed by atoms with van der Waals surface area (Å²) in [6.07, 6.45) is 1.07. The highest BCUT2D eigenvalue weighted by Gasteiger charge is 2.13. The van der Waals surface area contributed by atoms with E-state index in [0.717, 1.165) is 18.3 Å². The number of hydrogen-bond donors (Lipinski definition) is 2. The Bertz CT molecular complexity index is 800. The summed E-state index contributed by atoms with van der Waals surface area (Å²) in [4.78, 5) is 11.1.